The topological polar surface area (TPSA) is 0 Å². The number of rotatable bonds is 0. The van der Waals surface area contributed by atoms with Crippen molar-refractivity contribution in [3.63, 3.8) is 0 Å². The Morgan fingerprint density at radius 1 is 0.846 bits per heavy atom. The molecule has 2 rings (SSSR count). The van der Waals surface area contributed by atoms with Crippen LogP contribution in [0.5, 0.6) is 0 Å². The van der Waals surface area contributed by atoms with Gasteiger partial charge in [0.1, 0.15) is 0 Å². The van der Waals surface area contributed by atoms with Crippen LogP contribution in [-0.2, 0) is 0 Å². The van der Waals surface area contributed by atoms with Gasteiger partial charge in [0.05, 0.1) is 0 Å². The summed E-state index contributed by atoms with van der Waals surface area (Å²) in [7, 11) is 0. The summed E-state index contributed by atoms with van der Waals surface area (Å²) in [6, 6.07) is 0. The summed E-state index contributed by atoms with van der Waals surface area (Å²) in [6.45, 7) is 0. The molecule has 2 bridgehead atoms. The van der Waals surface area contributed by atoms with Crippen LogP contribution in [0.4, 0.5) is 0 Å². The zero-order valence-electron chi connectivity index (χ0n) is 8.73. The average Bonchev–Trinajstić information content (AvgIpc) is 2.33. The summed E-state index contributed by atoms with van der Waals surface area (Å²) in [5.41, 5.74) is 0. The molecular formula is C13H22. The van der Waals surface area contributed by atoms with Crippen LogP contribution in [0, 0.1) is 18.3 Å². The highest BCUT2D eigenvalue weighted by Gasteiger charge is 2.18. The van der Waals surface area contributed by atoms with Crippen molar-refractivity contribution in [2.24, 2.45) is 5.92 Å². The van der Waals surface area contributed by atoms with Gasteiger partial charge in [0.25, 0.3) is 0 Å². The Morgan fingerprint density at radius 3 is 2.62 bits per heavy atom. The molecule has 2 aliphatic rings. The first kappa shape index (κ1) is 9.55. The molecule has 2 radical (unpaired) electrons. The summed E-state index contributed by atoms with van der Waals surface area (Å²) >= 11 is 0. The van der Waals surface area contributed by atoms with Gasteiger partial charge in [-0.2, -0.15) is 0 Å². The molecule has 2 saturated carbocycles. The zero-order chi connectivity index (χ0) is 8.93. The lowest BCUT2D eigenvalue weighted by Gasteiger charge is -2.16. The van der Waals surface area contributed by atoms with Crippen LogP contribution in [0.25, 0.3) is 0 Å². The van der Waals surface area contributed by atoms with Crippen molar-refractivity contribution in [1.82, 2.24) is 0 Å². The van der Waals surface area contributed by atoms with Crippen molar-refractivity contribution in [3.8, 4) is 0 Å². The number of hydrogen-bond donors (Lipinski definition) is 0. The van der Waals surface area contributed by atoms with Gasteiger partial charge in [-0.1, -0.05) is 38.5 Å². The van der Waals surface area contributed by atoms with E-state index in [1.807, 2.05) is 5.92 Å². The van der Waals surface area contributed by atoms with Crippen molar-refractivity contribution in [2.45, 2.75) is 64.2 Å². The lowest BCUT2D eigenvalue weighted by molar-refractivity contribution is 0.466. The minimum atomic E-state index is 0.970. The predicted octanol–water partition coefficient (Wildman–Crippen LogP) is 4.31. The molecule has 13 heavy (non-hydrogen) atoms. The van der Waals surface area contributed by atoms with Crippen LogP contribution in [0.15, 0.2) is 0 Å². The lowest BCUT2D eigenvalue weighted by atomic mass is 9.90. The Morgan fingerprint density at radius 2 is 1.62 bits per heavy atom. The van der Waals surface area contributed by atoms with Crippen LogP contribution in [0.2, 0.25) is 0 Å². The van der Waals surface area contributed by atoms with Crippen molar-refractivity contribution in [2.75, 3.05) is 0 Å². The summed E-state index contributed by atoms with van der Waals surface area (Å²) in [4.78, 5) is 0. The molecule has 0 heterocycles. The Balaban J connectivity index is 1.95. The summed E-state index contributed by atoms with van der Waals surface area (Å²) in [5.74, 6) is 2.86. The van der Waals surface area contributed by atoms with Gasteiger partial charge >= 0.3 is 0 Å². The van der Waals surface area contributed by atoms with Gasteiger partial charge < -0.3 is 0 Å². The lowest BCUT2D eigenvalue weighted by Crippen LogP contribution is -2.01. The average molecular weight is 178 g/mol. The summed E-state index contributed by atoms with van der Waals surface area (Å²) in [6.07, 6.45) is 17.1. The molecular weight excluding hydrogens is 156 g/mol. The molecule has 0 heteroatoms. The molecule has 0 aliphatic heterocycles. The quantitative estimate of drug-likeness (QED) is 0.518. The second kappa shape index (κ2) is 5.02. The molecule has 2 fully saturated rings. The predicted molar refractivity (Wildman–Crippen MR) is 57.2 cm³/mol. The zero-order valence-corrected chi connectivity index (χ0v) is 8.73. The molecule has 0 aromatic carbocycles. The van der Waals surface area contributed by atoms with Crippen molar-refractivity contribution in [1.29, 1.82) is 0 Å². The third-order valence-electron chi connectivity index (χ3n) is 3.69. The molecule has 0 N–H and O–H groups in total. The minimum absolute atomic E-state index is 0.970. The molecule has 0 aromatic rings. The van der Waals surface area contributed by atoms with E-state index in [1.165, 1.54) is 64.2 Å². The van der Waals surface area contributed by atoms with E-state index < -0.39 is 0 Å². The fraction of sp³-hybridized carbons (Fsp3) is 0.846. The van der Waals surface area contributed by atoms with Crippen molar-refractivity contribution in [3.05, 3.63) is 12.3 Å². The van der Waals surface area contributed by atoms with Gasteiger partial charge in [-0.25, -0.2) is 0 Å². The van der Waals surface area contributed by atoms with Gasteiger partial charge in [-0.3, -0.25) is 0 Å². The van der Waals surface area contributed by atoms with E-state index in [0.29, 0.717) is 0 Å². The van der Waals surface area contributed by atoms with E-state index in [4.69, 9.17) is 0 Å². The standard InChI is InChI=1S/C13H22/c1-2-7-13-9-4-3-8-12(6-1)10-5-11-13/h6,12H,1-5,7-11H2. The molecule has 2 aliphatic carbocycles. The highest BCUT2D eigenvalue weighted by atomic mass is 14.2. The number of hydrogen-bond acceptors (Lipinski definition) is 0. The monoisotopic (exact) mass is 178 g/mol. The molecule has 0 saturated heterocycles. The Kier molecular flexibility index (Phi) is 3.69. The largest absolute Gasteiger partial charge is 0.0530 e. The maximum atomic E-state index is 2.62. The van der Waals surface area contributed by atoms with E-state index in [9.17, 15) is 0 Å². The first-order valence-electron chi connectivity index (χ1n) is 6.12. The van der Waals surface area contributed by atoms with Crippen molar-refractivity contribution < 1.29 is 0 Å². The Bertz CT molecular complexity index is 111. The Labute approximate surface area is 83.1 Å². The highest BCUT2D eigenvalue weighted by Crippen LogP contribution is 2.33. The van der Waals surface area contributed by atoms with Crippen LogP contribution in [0.1, 0.15) is 64.2 Å². The van der Waals surface area contributed by atoms with Gasteiger partial charge in [0.2, 0.25) is 0 Å². The molecule has 1 unspecified atom stereocenters. The van der Waals surface area contributed by atoms with E-state index in [2.05, 4.69) is 6.42 Å². The fourth-order valence-electron chi connectivity index (χ4n) is 2.86. The van der Waals surface area contributed by atoms with Gasteiger partial charge in [-0.15, -0.1) is 0 Å². The first-order valence-corrected chi connectivity index (χ1v) is 6.12. The minimum Gasteiger partial charge on any atom is -0.0530 e. The van der Waals surface area contributed by atoms with Gasteiger partial charge in [0, 0.05) is 0 Å². The fourth-order valence-corrected chi connectivity index (χ4v) is 2.86. The van der Waals surface area contributed by atoms with Crippen LogP contribution < -0.4 is 0 Å². The first-order chi connectivity index (χ1) is 6.45. The smallest absolute Gasteiger partial charge is 0.0241 e. The molecule has 74 valence electrons. The second-order valence-electron chi connectivity index (χ2n) is 4.78. The van der Waals surface area contributed by atoms with E-state index >= 15 is 0 Å². The van der Waals surface area contributed by atoms with E-state index in [1.54, 1.807) is 0 Å². The van der Waals surface area contributed by atoms with Gasteiger partial charge in [0.15, 0.2) is 0 Å². The molecule has 0 nitrogen and oxygen atoms in total. The van der Waals surface area contributed by atoms with E-state index in [0.717, 1.165) is 5.92 Å². The third-order valence-corrected chi connectivity index (χ3v) is 3.69. The molecule has 0 amide bonds. The highest BCUT2D eigenvalue weighted by molar-refractivity contribution is 4.93. The normalized spacial score (nSPS) is 28.6. The SMILES string of the molecule is [CH]1CCC[C]2CCCCC1CCC2. The third kappa shape index (κ3) is 3.00. The summed E-state index contributed by atoms with van der Waals surface area (Å²) in [5, 5.41) is 0. The number of fused-ring (bicyclic) bond motifs is 4. The van der Waals surface area contributed by atoms with Crippen LogP contribution in [-0.4, -0.2) is 0 Å². The van der Waals surface area contributed by atoms with Crippen molar-refractivity contribution >= 4 is 0 Å². The van der Waals surface area contributed by atoms with Crippen LogP contribution >= 0.6 is 0 Å². The van der Waals surface area contributed by atoms with Gasteiger partial charge in [-0.05, 0) is 43.9 Å². The maximum Gasteiger partial charge on any atom is -0.0241 e. The van der Waals surface area contributed by atoms with Crippen LogP contribution in [0.3, 0.4) is 0 Å². The molecule has 0 aromatic heterocycles. The van der Waals surface area contributed by atoms with E-state index in [-0.39, 0.29) is 0 Å². The molecule has 1 atom stereocenters. The Hall–Kier alpha value is 0. The summed E-state index contributed by atoms with van der Waals surface area (Å²) < 4.78 is 0. The second-order valence-corrected chi connectivity index (χ2v) is 4.78. The maximum absolute atomic E-state index is 2.62. The molecule has 0 spiro atoms.